The number of imidazole rings is 1. The summed E-state index contributed by atoms with van der Waals surface area (Å²) in [7, 11) is 0. The molecule has 5 heteroatoms. The van der Waals surface area contributed by atoms with Gasteiger partial charge in [0.2, 0.25) is 0 Å². The Kier molecular flexibility index (Phi) is 5.26. The highest BCUT2D eigenvalue weighted by molar-refractivity contribution is 6.30. The normalized spacial score (nSPS) is 9.95. The number of aromatic amines is 1. The lowest BCUT2D eigenvalue weighted by Gasteiger charge is -2.06. The number of H-pyrrole nitrogens is 1. The molecule has 1 aromatic heterocycles. The molecule has 0 spiro atoms. The summed E-state index contributed by atoms with van der Waals surface area (Å²) in [6.45, 7) is 0.422. The fourth-order valence-electron chi connectivity index (χ4n) is 1.97. The highest BCUT2D eigenvalue weighted by Gasteiger charge is 2.08. The Morgan fingerprint density at radius 3 is 2.43 bits per heavy atom. The van der Waals surface area contributed by atoms with Gasteiger partial charge in [0, 0.05) is 10.6 Å². The Bertz CT molecular complexity index is 681. The maximum atomic E-state index is 5.90. The van der Waals surface area contributed by atoms with Crippen LogP contribution in [0.5, 0.6) is 5.75 Å². The van der Waals surface area contributed by atoms with Crippen molar-refractivity contribution in [1.82, 2.24) is 9.97 Å². The number of hydrogen-bond donors (Lipinski definition) is 1. The fourth-order valence-corrected chi connectivity index (χ4v) is 2.09. The number of ether oxygens (including phenoxy) is 1. The third-order valence-corrected chi connectivity index (χ3v) is 3.22. The summed E-state index contributed by atoms with van der Waals surface area (Å²) in [6.07, 6.45) is 1.67. The molecule has 0 aliphatic rings. The first kappa shape index (κ1) is 15.4. The van der Waals surface area contributed by atoms with Crippen LogP contribution in [0.25, 0.3) is 11.3 Å². The van der Waals surface area contributed by atoms with Crippen LogP contribution in [0.1, 0.15) is 5.69 Å². The van der Waals surface area contributed by atoms with Crippen LogP contribution in [0.3, 0.4) is 0 Å². The lowest BCUT2D eigenvalue weighted by atomic mass is 10.1. The zero-order valence-corrected chi connectivity index (χ0v) is 12.7. The second kappa shape index (κ2) is 7.16. The van der Waals surface area contributed by atoms with E-state index in [-0.39, 0.29) is 12.4 Å². The van der Waals surface area contributed by atoms with Crippen LogP contribution < -0.4 is 4.74 Å². The maximum Gasteiger partial charge on any atom is 0.132 e. The first-order valence-corrected chi connectivity index (χ1v) is 6.67. The topological polar surface area (TPSA) is 37.9 Å². The Morgan fingerprint density at radius 2 is 1.71 bits per heavy atom. The minimum absolute atomic E-state index is 0. The molecule has 1 heterocycles. The molecule has 108 valence electrons. The molecule has 0 aliphatic heterocycles. The van der Waals surface area contributed by atoms with Crippen molar-refractivity contribution < 1.29 is 4.74 Å². The van der Waals surface area contributed by atoms with E-state index in [1.54, 1.807) is 6.33 Å². The zero-order valence-electron chi connectivity index (χ0n) is 11.1. The van der Waals surface area contributed by atoms with Crippen LogP contribution in [0.2, 0.25) is 5.02 Å². The van der Waals surface area contributed by atoms with Gasteiger partial charge in [-0.2, -0.15) is 0 Å². The van der Waals surface area contributed by atoms with Gasteiger partial charge in [0.1, 0.15) is 18.1 Å². The average Bonchev–Trinajstić information content (AvgIpc) is 2.95. The van der Waals surface area contributed by atoms with Gasteiger partial charge in [-0.15, -0.1) is 12.4 Å². The van der Waals surface area contributed by atoms with Gasteiger partial charge in [-0.1, -0.05) is 41.9 Å². The second-order valence-electron chi connectivity index (χ2n) is 4.33. The number of rotatable bonds is 4. The molecule has 3 nitrogen and oxygen atoms in total. The van der Waals surface area contributed by atoms with Gasteiger partial charge in [-0.25, -0.2) is 4.98 Å². The quantitative estimate of drug-likeness (QED) is 0.754. The summed E-state index contributed by atoms with van der Waals surface area (Å²) < 4.78 is 5.73. The summed E-state index contributed by atoms with van der Waals surface area (Å²) in [4.78, 5) is 7.46. The van der Waals surface area contributed by atoms with Crippen LogP contribution in [0.15, 0.2) is 60.9 Å². The van der Waals surface area contributed by atoms with Crippen molar-refractivity contribution in [3.05, 3.63) is 71.6 Å². The first-order valence-electron chi connectivity index (χ1n) is 6.29. The Balaban J connectivity index is 0.00000161. The van der Waals surface area contributed by atoms with Crippen LogP contribution in [0.4, 0.5) is 0 Å². The van der Waals surface area contributed by atoms with E-state index in [0.29, 0.717) is 6.61 Å². The smallest absolute Gasteiger partial charge is 0.132 e. The van der Waals surface area contributed by atoms with Crippen molar-refractivity contribution >= 4 is 24.0 Å². The Morgan fingerprint density at radius 1 is 1.00 bits per heavy atom. The molecule has 0 saturated carbocycles. The summed E-state index contributed by atoms with van der Waals surface area (Å²) in [5.41, 5.74) is 2.87. The van der Waals surface area contributed by atoms with Gasteiger partial charge in [-0.3, -0.25) is 0 Å². The van der Waals surface area contributed by atoms with Gasteiger partial charge in [0.15, 0.2) is 0 Å². The largest absolute Gasteiger partial charge is 0.487 e. The van der Waals surface area contributed by atoms with Crippen molar-refractivity contribution in [3.8, 4) is 17.0 Å². The van der Waals surface area contributed by atoms with Gasteiger partial charge in [0.05, 0.1) is 12.0 Å². The molecule has 0 fully saturated rings. The summed E-state index contributed by atoms with van der Waals surface area (Å²) in [6, 6.07) is 17.3. The minimum Gasteiger partial charge on any atom is -0.487 e. The van der Waals surface area contributed by atoms with E-state index < -0.39 is 0 Å². The van der Waals surface area contributed by atoms with E-state index in [2.05, 4.69) is 9.97 Å². The molecule has 0 radical (unpaired) electrons. The molecule has 0 saturated heterocycles. The van der Waals surface area contributed by atoms with E-state index in [1.807, 2.05) is 54.6 Å². The average molecular weight is 321 g/mol. The van der Waals surface area contributed by atoms with E-state index >= 15 is 0 Å². The maximum absolute atomic E-state index is 5.90. The van der Waals surface area contributed by atoms with Crippen molar-refractivity contribution in [1.29, 1.82) is 0 Å². The molecular weight excluding hydrogens is 307 g/mol. The molecule has 0 unspecified atom stereocenters. The molecule has 0 atom stereocenters. The highest BCUT2D eigenvalue weighted by Crippen LogP contribution is 2.23. The minimum atomic E-state index is 0. The van der Waals surface area contributed by atoms with Gasteiger partial charge < -0.3 is 9.72 Å². The molecule has 21 heavy (non-hydrogen) atoms. The third kappa shape index (κ3) is 3.78. The molecule has 0 bridgehead atoms. The standard InChI is InChI=1S/C16H13ClN2O.ClH/c17-13-8-6-12(7-9-13)16-15(18-11-19-16)10-20-14-4-2-1-3-5-14;/h1-9,11H,10H2,(H,18,19);1H. The van der Waals surface area contributed by atoms with Gasteiger partial charge >= 0.3 is 0 Å². The predicted molar refractivity (Wildman–Crippen MR) is 87.1 cm³/mol. The molecule has 2 aromatic carbocycles. The summed E-state index contributed by atoms with van der Waals surface area (Å²) in [5, 5.41) is 0.718. The van der Waals surface area contributed by atoms with Crippen molar-refractivity contribution in [2.24, 2.45) is 0 Å². The van der Waals surface area contributed by atoms with Crippen LogP contribution in [-0.2, 0) is 6.61 Å². The Labute approximate surface area is 134 Å². The second-order valence-corrected chi connectivity index (χ2v) is 4.77. The number of halogens is 2. The molecule has 0 aliphatic carbocycles. The van der Waals surface area contributed by atoms with Gasteiger partial charge in [-0.05, 0) is 24.3 Å². The van der Waals surface area contributed by atoms with Gasteiger partial charge in [0.25, 0.3) is 0 Å². The van der Waals surface area contributed by atoms with E-state index in [4.69, 9.17) is 16.3 Å². The third-order valence-electron chi connectivity index (χ3n) is 2.97. The number of nitrogens with zero attached hydrogens (tertiary/aromatic N) is 1. The lowest BCUT2D eigenvalue weighted by Crippen LogP contribution is -1.97. The summed E-state index contributed by atoms with van der Waals surface area (Å²) in [5.74, 6) is 0.831. The fraction of sp³-hybridized carbons (Fsp3) is 0.0625. The van der Waals surface area contributed by atoms with E-state index in [1.165, 1.54) is 0 Å². The lowest BCUT2D eigenvalue weighted by molar-refractivity contribution is 0.302. The number of hydrogen-bond acceptors (Lipinski definition) is 2. The molecular formula is C16H14Cl2N2O. The van der Waals surface area contributed by atoms with Crippen LogP contribution in [0, 0.1) is 0 Å². The number of para-hydroxylation sites is 1. The van der Waals surface area contributed by atoms with Crippen molar-refractivity contribution in [2.45, 2.75) is 6.61 Å². The number of nitrogens with one attached hydrogen (secondary N) is 1. The van der Waals surface area contributed by atoms with E-state index in [9.17, 15) is 0 Å². The van der Waals surface area contributed by atoms with Crippen LogP contribution in [-0.4, -0.2) is 9.97 Å². The summed E-state index contributed by atoms with van der Waals surface area (Å²) >= 11 is 5.90. The monoisotopic (exact) mass is 320 g/mol. The molecule has 1 N–H and O–H groups in total. The SMILES string of the molecule is Cl.Clc1ccc(-c2[nH]cnc2COc2ccccc2)cc1. The number of benzene rings is 2. The van der Waals surface area contributed by atoms with Crippen molar-refractivity contribution in [2.75, 3.05) is 0 Å². The zero-order chi connectivity index (χ0) is 13.8. The Hall–Kier alpha value is -1.97. The molecule has 3 aromatic rings. The van der Waals surface area contributed by atoms with Crippen molar-refractivity contribution in [3.63, 3.8) is 0 Å². The predicted octanol–water partition coefficient (Wildman–Crippen LogP) is 4.73. The number of aromatic nitrogens is 2. The van der Waals surface area contributed by atoms with Crippen LogP contribution >= 0.6 is 24.0 Å². The molecule has 3 rings (SSSR count). The van der Waals surface area contributed by atoms with E-state index in [0.717, 1.165) is 27.7 Å². The highest BCUT2D eigenvalue weighted by atomic mass is 35.5. The molecule has 0 amide bonds. The first-order chi connectivity index (χ1) is 9.83.